The number of nitrogens with zero attached hydrogens (tertiary/aromatic N) is 1. The van der Waals surface area contributed by atoms with Gasteiger partial charge in [-0.25, -0.2) is 0 Å². The Labute approximate surface area is 98.0 Å². The fraction of sp³-hybridized carbons (Fsp3) is 0.917. The second-order valence-corrected chi connectivity index (χ2v) is 5.84. The van der Waals surface area contributed by atoms with E-state index in [1.54, 1.807) is 0 Å². The summed E-state index contributed by atoms with van der Waals surface area (Å²) in [4.78, 5) is 13.1. The summed E-state index contributed by atoms with van der Waals surface area (Å²) in [6, 6.07) is 0.132. The molecule has 4 nitrogen and oxygen atoms in total. The van der Waals surface area contributed by atoms with Gasteiger partial charge in [-0.3, -0.25) is 9.69 Å². The minimum Gasteiger partial charge on any atom is -0.481 e. The maximum absolute atomic E-state index is 10.8. The molecule has 94 valence electrons. The number of piperazine rings is 1. The Hall–Kier alpha value is -0.610. The van der Waals surface area contributed by atoms with E-state index in [2.05, 4.69) is 37.9 Å². The number of hydrogen-bond donors (Lipinski definition) is 2. The van der Waals surface area contributed by atoms with E-state index in [0.717, 1.165) is 19.6 Å². The minimum absolute atomic E-state index is 0.0872. The van der Waals surface area contributed by atoms with Crippen molar-refractivity contribution in [3.8, 4) is 0 Å². The lowest BCUT2D eigenvalue weighted by Gasteiger charge is -2.45. The third-order valence-corrected chi connectivity index (χ3v) is 2.94. The fourth-order valence-electron chi connectivity index (χ4n) is 2.30. The minimum atomic E-state index is -0.708. The molecule has 1 fully saturated rings. The zero-order valence-corrected chi connectivity index (χ0v) is 10.8. The Bertz CT molecular complexity index is 251. The number of carbonyl (C=O) groups is 1. The van der Waals surface area contributed by atoms with Crippen LogP contribution in [0.2, 0.25) is 0 Å². The van der Waals surface area contributed by atoms with Crippen LogP contribution < -0.4 is 5.32 Å². The largest absolute Gasteiger partial charge is 0.481 e. The molecule has 0 radical (unpaired) electrons. The predicted octanol–water partition coefficient (Wildman–Crippen LogP) is 1.17. The van der Waals surface area contributed by atoms with Crippen molar-refractivity contribution in [1.29, 1.82) is 0 Å². The fourth-order valence-corrected chi connectivity index (χ4v) is 2.30. The molecular formula is C12H24N2O2. The molecule has 1 saturated heterocycles. The van der Waals surface area contributed by atoms with Gasteiger partial charge < -0.3 is 10.4 Å². The third kappa shape index (κ3) is 4.10. The molecular weight excluding hydrogens is 204 g/mol. The van der Waals surface area contributed by atoms with E-state index in [-0.39, 0.29) is 18.0 Å². The molecule has 0 aromatic rings. The molecule has 2 N–H and O–H groups in total. The molecule has 0 saturated carbocycles. The highest BCUT2D eigenvalue weighted by Gasteiger charge is 2.33. The van der Waals surface area contributed by atoms with Gasteiger partial charge in [-0.05, 0) is 19.8 Å². The van der Waals surface area contributed by atoms with Gasteiger partial charge in [-0.2, -0.15) is 0 Å². The topological polar surface area (TPSA) is 52.6 Å². The number of hydrogen-bond acceptors (Lipinski definition) is 3. The summed E-state index contributed by atoms with van der Waals surface area (Å²) < 4.78 is 0. The van der Waals surface area contributed by atoms with Crippen LogP contribution in [-0.4, -0.2) is 47.2 Å². The van der Waals surface area contributed by atoms with Crippen LogP contribution in [0.4, 0.5) is 0 Å². The van der Waals surface area contributed by atoms with E-state index in [9.17, 15) is 4.79 Å². The smallest absolute Gasteiger partial charge is 0.304 e. The average molecular weight is 228 g/mol. The maximum Gasteiger partial charge on any atom is 0.304 e. The van der Waals surface area contributed by atoms with Crippen LogP contribution in [0.25, 0.3) is 0 Å². The number of carboxylic acid groups (broad SMARTS) is 1. The molecule has 0 aromatic heterocycles. The highest BCUT2D eigenvalue weighted by Crippen LogP contribution is 2.18. The van der Waals surface area contributed by atoms with E-state index in [0.29, 0.717) is 5.92 Å². The van der Waals surface area contributed by atoms with Crippen molar-refractivity contribution in [1.82, 2.24) is 10.2 Å². The number of nitrogens with one attached hydrogen (secondary N) is 1. The van der Waals surface area contributed by atoms with Crippen molar-refractivity contribution in [3.63, 3.8) is 0 Å². The van der Waals surface area contributed by atoms with Crippen LogP contribution in [0, 0.1) is 5.92 Å². The average Bonchev–Trinajstić information content (AvgIpc) is 2.07. The molecule has 0 aliphatic carbocycles. The SMILES string of the molecule is CC(C)CN1CC(C)(C)NCC1CC(=O)O. The second-order valence-electron chi connectivity index (χ2n) is 5.84. The number of rotatable bonds is 4. The van der Waals surface area contributed by atoms with Crippen molar-refractivity contribution >= 4 is 5.97 Å². The van der Waals surface area contributed by atoms with Gasteiger partial charge >= 0.3 is 5.97 Å². The predicted molar refractivity (Wildman–Crippen MR) is 64.5 cm³/mol. The third-order valence-electron chi connectivity index (χ3n) is 2.94. The molecule has 1 rings (SSSR count). The Balaban J connectivity index is 2.64. The lowest BCUT2D eigenvalue weighted by molar-refractivity contribution is -0.139. The maximum atomic E-state index is 10.8. The zero-order chi connectivity index (χ0) is 12.3. The Morgan fingerprint density at radius 2 is 2.19 bits per heavy atom. The molecule has 0 amide bonds. The summed E-state index contributed by atoms with van der Waals surface area (Å²) in [5.41, 5.74) is 0.0872. The summed E-state index contributed by atoms with van der Waals surface area (Å²) in [7, 11) is 0. The quantitative estimate of drug-likeness (QED) is 0.758. The molecule has 4 heteroatoms. The van der Waals surface area contributed by atoms with Crippen molar-refractivity contribution in [2.45, 2.75) is 45.7 Å². The molecule has 16 heavy (non-hydrogen) atoms. The lowest BCUT2D eigenvalue weighted by Crippen LogP contribution is -2.62. The first-order chi connectivity index (χ1) is 7.30. The number of carboxylic acids is 1. The van der Waals surface area contributed by atoms with Gasteiger partial charge in [0.1, 0.15) is 0 Å². The zero-order valence-electron chi connectivity index (χ0n) is 10.8. The van der Waals surface area contributed by atoms with E-state index in [1.165, 1.54) is 0 Å². The van der Waals surface area contributed by atoms with E-state index in [4.69, 9.17) is 5.11 Å². The Morgan fingerprint density at radius 3 is 2.69 bits per heavy atom. The van der Waals surface area contributed by atoms with Crippen LogP contribution in [0.15, 0.2) is 0 Å². The summed E-state index contributed by atoms with van der Waals surface area (Å²) in [5.74, 6) is -0.134. The standard InChI is InChI=1S/C12H24N2O2/c1-9(2)7-14-8-12(3,4)13-6-10(14)5-11(15)16/h9-10,13H,5-8H2,1-4H3,(H,15,16). The second kappa shape index (κ2) is 5.15. The van der Waals surface area contributed by atoms with Crippen LogP contribution in [0.5, 0.6) is 0 Å². The monoisotopic (exact) mass is 228 g/mol. The van der Waals surface area contributed by atoms with Crippen LogP contribution >= 0.6 is 0 Å². The first-order valence-corrected chi connectivity index (χ1v) is 6.01. The van der Waals surface area contributed by atoms with Gasteiger partial charge in [-0.15, -0.1) is 0 Å². The summed E-state index contributed by atoms with van der Waals surface area (Å²) in [5, 5.41) is 12.3. The normalized spacial score (nSPS) is 25.9. The molecule has 1 aliphatic rings. The van der Waals surface area contributed by atoms with Gasteiger partial charge in [0.2, 0.25) is 0 Å². The van der Waals surface area contributed by atoms with Gasteiger partial charge in [-0.1, -0.05) is 13.8 Å². The van der Waals surface area contributed by atoms with Crippen LogP contribution in [-0.2, 0) is 4.79 Å². The van der Waals surface area contributed by atoms with Crippen molar-refractivity contribution in [2.24, 2.45) is 5.92 Å². The van der Waals surface area contributed by atoms with Crippen LogP contribution in [0.3, 0.4) is 0 Å². The van der Waals surface area contributed by atoms with Gasteiger partial charge in [0, 0.05) is 31.2 Å². The van der Waals surface area contributed by atoms with Gasteiger partial charge in [0.05, 0.1) is 6.42 Å². The van der Waals surface area contributed by atoms with Crippen molar-refractivity contribution in [2.75, 3.05) is 19.6 Å². The Morgan fingerprint density at radius 1 is 1.56 bits per heavy atom. The van der Waals surface area contributed by atoms with E-state index >= 15 is 0 Å². The van der Waals surface area contributed by atoms with E-state index in [1.807, 2.05) is 0 Å². The molecule has 0 bridgehead atoms. The highest BCUT2D eigenvalue weighted by molar-refractivity contribution is 5.67. The first kappa shape index (κ1) is 13.5. The summed E-state index contributed by atoms with van der Waals surface area (Å²) in [6.07, 6.45) is 0.232. The highest BCUT2D eigenvalue weighted by atomic mass is 16.4. The molecule has 1 atom stereocenters. The van der Waals surface area contributed by atoms with E-state index < -0.39 is 5.97 Å². The van der Waals surface area contributed by atoms with Crippen molar-refractivity contribution < 1.29 is 9.90 Å². The number of aliphatic carboxylic acids is 1. The Kier molecular flexibility index (Phi) is 4.33. The molecule has 0 aromatic carbocycles. The van der Waals surface area contributed by atoms with Gasteiger partial charge in [0.15, 0.2) is 0 Å². The first-order valence-electron chi connectivity index (χ1n) is 6.01. The van der Waals surface area contributed by atoms with Gasteiger partial charge in [0.25, 0.3) is 0 Å². The molecule has 0 spiro atoms. The summed E-state index contributed by atoms with van der Waals surface area (Å²) >= 11 is 0. The van der Waals surface area contributed by atoms with Crippen LogP contribution in [0.1, 0.15) is 34.1 Å². The molecule has 1 aliphatic heterocycles. The molecule has 1 heterocycles. The molecule has 1 unspecified atom stereocenters. The lowest BCUT2D eigenvalue weighted by atomic mass is 9.96. The summed E-state index contributed by atoms with van der Waals surface area (Å²) in [6.45, 7) is 11.3. The van der Waals surface area contributed by atoms with Crippen molar-refractivity contribution in [3.05, 3.63) is 0 Å².